The van der Waals surface area contributed by atoms with Crippen molar-refractivity contribution < 1.29 is 0 Å². The van der Waals surface area contributed by atoms with Crippen LogP contribution in [0.1, 0.15) is 25.0 Å². The Morgan fingerprint density at radius 2 is 0.633 bits per heavy atom. The Hall–Kier alpha value is -11.1. The smallest absolute Gasteiger partial charge is 0.0468 e. The Kier molecular flexibility index (Phi) is 12.8. The minimum atomic E-state index is -0.0110. The maximum absolute atomic E-state index is 2.38. The number of benzene rings is 16. The predicted molar refractivity (Wildman–Crippen MR) is 389 cm³/mol. The molecule has 17 aromatic rings. The standard InChI is InChI=1S/C45H33N.C42H27NS/c1-45(2)41-16-10-9-15-40(41)44-39-25-21-32-17-18-33-29-36(24-26-37(33)43(32)38(39)27-28-42(44)45)46(34-13-7-4-8-14-34)35-22-19-31(20-23-35)30-11-5-3-6-12-30;1-3-9-28(10-4-1)29-17-20-33(21-18-29)43(32-11-5-2-6-12-32)34-22-24-35-31(27-34)16-15-30-19-23-37-36(41(30)35)25-26-40-42(37)38-13-7-8-14-39(38)44-40/h3-29H,1-2H3;1-27H. The van der Waals surface area contributed by atoms with E-state index in [2.05, 4.69) is 351 Å². The van der Waals surface area contributed by atoms with Gasteiger partial charge in [-0.15, -0.1) is 11.3 Å². The van der Waals surface area contributed by atoms with Crippen LogP contribution in [0, 0.1) is 0 Å². The van der Waals surface area contributed by atoms with Gasteiger partial charge in [0.15, 0.2) is 0 Å². The largest absolute Gasteiger partial charge is 0.310 e. The van der Waals surface area contributed by atoms with E-state index in [9.17, 15) is 0 Å². The lowest BCUT2D eigenvalue weighted by molar-refractivity contribution is 0.661. The van der Waals surface area contributed by atoms with Crippen molar-refractivity contribution in [3.05, 3.63) is 339 Å². The summed E-state index contributed by atoms with van der Waals surface area (Å²) in [5.41, 5.74) is 17.3. The molecule has 1 heterocycles. The van der Waals surface area contributed by atoms with E-state index < -0.39 is 0 Å². The van der Waals surface area contributed by atoms with Crippen LogP contribution in [0.4, 0.5) is 34.1 Å². The van der Waals surface area contributed by atoms with Gasteiger partial charge in [-0.2, -0.15) is 0 Å². The summed E-state index contributed by atoms with van der Waals surface area (Å²) in [5, 5.41) is 18.2. The van der Waals surface area contributed by atoms with E-state index in [1.165, 1.54) is 129 Å². The van der Waals surface area contributed by atoms with Crippen LogP contribution in [0.15, 0.2) is 328 Å². The minimum Gasteiger partial charge on any atom is -0.310 e. The first-order chi connectivity index (χ1) is 44.4. The highest BCUT2D eigenvalue weighted by molar-refractivity contribution is 7.26. The second kappa shape index (κ2) is 21.6. The van der Waals surface area contributed by atoms with E-state index in [0.717, 1.165) is 34.1 Å². The molecule has 0 atom stereocenters. The zero-order chi connectivity index (χ0) is 59.9. The highest BCUT2D eigenvalue weighted by Gasteiger charge is 2.36. The molecule has 0 fully saturated rings. The average molecular weight is 1170 g/mol. The molecule has 90 heavy (non-hydrogen) atoms. The van der Waals surface area contributed by atoms with Crippen molar-refractivity contribution in [1.82, 2.24) is 0 Å². The number of thiophene rings is 1. The molecule has 0 radical (unpaired) electrons. The van der Waals surface area contributed by atoms with Gasteiger partial charge in [0.05, 0.1) is 0 Å². The Morgan fingerprint density at radius 3 is 1.20 bits per heavy atom. The number of hydrogen-bond acceptors (Lipinski definition) is 3. The lowest BCUT2D eigenvalue weighted by atomic mass is 9.82. The zero-order valence-electron chi connectivity index (χ0n) is 50.0. The number of anilines is 6. The van der Waals surface area contributed by atoms with E-state index in [0.29, 0.717) is 0 Å². The van der Waals surface area contributed by atoms with Crippen LogP contribution in [0.5, 0.6) is 0 Å². The second-order valence-electron chi connectivity index (χ2n) is 24.3. The van der Waals surface area contributed by atoms with E-state index >= 15 is 0 Å². The van der Waals surface area contributed by atoms with Crippen molar-refractivity contribution in [2.45, 2.75) is 19.3 Å². The molecule has 1 aliphatic rings. The van der Waals surface area contributed by atoms with Gasteiger partial charge < -0.3 is 9.80 Å². The Balaban J connectivity index is 0.000000139. The van der Waals surface area contributed by atoms with Gasteiger partial charge in [-0.05, 0) is 194 Å². The van der Waals surface area contributed by atoms with Gasteiger partial charge in [0.25, 0.3) is 0 Å². The molecule has 0 saturated heterocycles. The van der Waals surface area contributed by atoms with E-state index in [-0.39, 0.29) is 5.41 Å². The molecule has 16 aromatic carbocycles. The molecule has 0 N–H and O–H groups in total. The normalized spacial score (nSPS) is 12.4. The summed E-state index contributed by atoms with van der Waals surface area (Å²) in [4.78, 5) is 4.70. The predicted octanol–water partition coefficient (Wildman–Crippen LogP) is 25.2. The number of para-hydroxylation sites is 2. The number of hydrogen-bond donors (Lipinski definition) is 0. The molecule has 0 spiro atoms. The Labute approximate surface area is 528 Å². The first-order valence-electron chi connectivity index (χ1n) is 31.1. The zero-order valence-corrected chi connectivity index (χ0v) is 50.8. The van der Waals surface area contributed by atoms with Crippen LogP contribution in [0.2, 0.25) is 0 Å². The molecule has 0 bridgehead atoms. The topological polar surface area (TPSA) is 6.48 Å². The molecule has 3 heteroatoms. The summed E-state index contributed by atoms with van der Waals surface area (Å²) in [5.74, 6) is 0. The molecule has 0 unspecified atom stereocenters. The van der Waals surface area contributed by atoms with Crippen LogP contribution in [-0.4, -0.2) is 0 Å². The molecule has 1 aromatic heterocycles. The van der Waals surface area contributed by atoms with E-state index in [1.54, 1.807) is 0 Å². The second-order valence-corrected chi connectivity index (χ2v) is 25.4. The summed E-state index contributed by atoms with van der Waals surface area (Å²) in [6.45, 7) is 4.71. The van der Waals surface area contributed by atoms with Crippen LogP contribution >= 0.6 is 11.3 Å². The average Bonchev–Trinajstić information content (AvgIpc) is 1.53. The maximum atomic E-state index is 2.38. The molecule has 0 aliphatic heterocycles. The third kappa shape index (κ3) is 8.92. The molecule has 18 rings (SSSR count). The van der Waals surface area contributed by atoms with Gasteiger partial charge in [0.1, 0.15) is 0 Å². The number of rotatable bonds is 8. The summed E-state index contributed by atoms with van der Waals surface area (Å²) in [6.07, 6.45) is 0. The highest BCUT2D eigenvalue weighted by atomic mass is 32.1. The summed E-state index contributed by atoms with van der Waals surface area (Å²) in [7, 11) is 0. The third-order valence-electron chi connectivity index (χ3n) is 18.9. The van der Waals surface area contributed by atoms with Crippen molar-refractivity contribution in [2.24, 2.45) is 0 Å². The van der Waals surface area contributed by atoms with Gasteiger partial charge in [0, 0.05) is 59.7 Å². The van der Waals surface area contributed by atoms with Crippen molar-refractivity contribution in [3.63, 3.8) is 0 Å². The molecule has 2 nitrogen and oxygen atoms in total. The van der Waals surface area contributed by atoms with Crippen LogP contribution < -0.4 is 9.80 Å². The lowest BCUT2D eigenvalue weighted by Gasteiger charge is -2.26. The third-order valence-corrected chi connectivity index (χ3v) is 20.0. The van der Waals surface area contributed by atoms with Crippen molar-refractivity contribution in [3.8, 4) is 33.4 Å². The first-order valence-corrected chi connectivity index (χ1v) is 31.9. The quantitative estimate of drug-likeness (QED) is 0.140. The summed E-state index contributed by atoms with van der Waals surface area (Å²) in [6, 6.07) is 120. The van der Waals surface area contributed by atoms with Crippen molar-refractivity contribution >= 4 is 130 Å². The van der Waals surface area contributed by atoms with Gasteiger partial charge in [-0.3, -0.25) is 0 Å². The Bertz CT molecular complexity index is 5600. The highest BCUT2D eigenvalue weighted by Crippen LogP contribution is 2.53. The number of nitrogens with zero attached hydrogens (tertiary/aromatic N) is 2. The fraction of sp³-hybridized carbons (Fsp3) is 0.0345. The maximum Gasteiger partial charge on any atom is 0.0468 e. The first kappa shape index (κ1) is 53.2. The van der Waals surface area contributed by atoms with Gasteiger partial charge in [0.2, 0.25) is 0 Å². The fourth-order valence-corrected chi connectivity index (χ4v) is 15.7. The molecule has 424 valence electrons. The fourth-order valence-electron chi connectivity index (χ4n) is 14.5. The molecule has 1 aliphatic carbocycles. The molecule has 0 amide bonds. The van der Waals surface area contributed by atoms with Gasteiger partial charge in [-0.1, -0.05) is 257 Å². The van der Waals surface area contributed by atoms with Gasteiger partial charge in [-0.25, -0.2) is 0 Å². The van der Waals surface area contributed by atoms with Crippen LogP contribution in [0.25, 0.3) is 118 Å². The van der Waals surface area contributed by atoms with E-state index in [4.69, 9.17) is 0 Å². The SMILES string of the molecule is CC1(C)c2ccccc2-c2c1ccc1c2ccc2ccc3cc(N(c4ccccc4)c4ccc(-c5ccccc5)cc4)ccc3c21.c1ccc(-c2ccc(N(c3ccccc3)c3ccc4c(ccc5ccc6c(ccc7sc8ccccc8c76)c54)c3)cc2)cc1. The summed E-state index contributed by atoms with van der Waals surface area (Å²) >= 11 is 1.88. The van der Waals surface area contributed by atoms with E-state index in [1.807, 2.05) is 11.3 Å². The van der Waals surface area contributed by atoms with Gasteiger partial charge >= 0.3 is 0 Å². The van der Waals surface area contributed by atoms with Crippen molar-refractivity contribution in [2.75, 3.05) is 9.80 Å². The molecular formula is C87H60N2S. The molecular weight excluding hydrogens is 1110 g/mol. The lowest BCUT2D eigenvalue weighted by Crippen LogP contribution is -2.14. The Morgan fingerprint density at radius 1 is 0.244 bits per heavy atom. The van der Waals surface area contributed by atoms with Crippen molar-refractivity contribution in [1.29, 1.82) is 0 Å². The summed E-state index contributed by atoms with van der Waals surface area (Å²) < 4.78 is 2.69. The van der Waals surface area contributed by atoms with Crippen LogP contribution in [-0.2, 0) is 5.41 Å². The van der Waals surface area contributed by atoms with Crippen LogP contribution in [0.3, 0.4) is 0 Å². The minimum absolute atomic E-state index is 0.0110. The molecule has 0 saturated carbocycles. The monoisotopic (exact) mass is 1160 g/mol. The number of fused-ring (bicyclic) bond motifs is 18.